The molecule has 0 heterocycles. The first kappa shape index (κ1) is 25.5. The molecule has 0 radical (unpaired) electrons. The zero-order valence-electron chi connectivity index (χ0n) is 21.7. The smallest absolute Gasteiger partial charge is 0.343 e. The van der Waals surface area contributed by atoms with E-state index in [0.717, 1.165) is 54.4 Å². The Hall–Kier alpha value is -4.18. The minimum absolute atomic E-state index is 0.202. The number of rotatable bonds is 8. The van der Waals surface area contributed by atoms with Gasteiger partial charge >= 0.3 is 11.9 Å². The topological polar surface area (TPSA) is 52.6 Å². The largest absolute Gasteiger partial charge is 0.419 e. The van der Waals surface area contributed by atoms with Gasteiger partial charge in [-0.15, -0.1) is 0 Å². The van der Waals surface area contributed by atoms with Crippen molar-refractivity contribution < 1.29 is 19.1 Å². The molecule has 4 heteroatoms. The Morgan fingerprint density at radius 3 is 1.74 bits per heavy atom. The van der Waals surface area contributed by atoms with Crippen LogP contribution in [0.5, 0.6) is 11.5 Å². The highest BCUT2D eigenvalue weighted by Gasteiger charge is 2.31. The van der Waals surface area contributed by atoms with Gasteiger partial charge in [-0.05, 0) is 72.2 Å². The van der Waals surface area contributed by atoms with Crippen molar-refractivity contribution in [1.82, 2.24) is 0 Å². The predicted octanol–water partition coefficient (Wildman–Crippen LogP) is 8.40. The average Bonchev–Trinajstić information content (AvgIpc) is 3.50. The van der Waals surface area contributed by atoms with Crippen LogP contribution in [-0.4, -0.2) is 11.9 Å². The highest BCUT2D eigenvalue weighted by molar-refractivity contribution is 5.94. The molecule has 4 aromatic rings. The van der Waals surface area contributed by atoms with E-state index in [-0.39, 0.29) is 5.92 Å². The van der Waals surface area contributed by atoms with Crippen molar-refractivity contribution in [3.8, 4) is 22.6 Å². The summed E-state index contributed by atoms with van der Waals surface area (Å²) in [6.07, 6.45) is 5.74. The number of esters is 2. The fourth-order valence-corrected chi connectivity index (χ4v) is 5.30. The molecule has 1 saturated carbocycles. The predicted molar refractivity (Wildman–Crippen MR) is 150 cm³/mol. The van der Waals surface area contributed by atoms with E-state index in [0.29, 0.717) is 29.0 Å². The maximum absolute atomic E-state index is 13.4. The standard InChI is InChI=1S/C34H32O4/c1-2-14-28-23-29(24-15-6-3-7-16-24)30(25-17-12-13-18-25)32(38-34(36)27-21-10-5-11-22-27)31(28)37-33(35)26-19-8-4-9-20-26/h3-11,15-16,19-23,25H,2,12-14,17-18H2,1H3. The highest BCUT2D eigenvalue weighted by atomic mass is 16.6. The van der Waals surface area contributed by atoms with Crippen molar-refractivity contribution in [2.24, 2.45) is 0 Å². The molecule has 5 rings (SSSR count). The molecule has 1 aliphatic rings. The Morgan fingerprint density at radius 1 is 0.711 bits per heavy atom. The summed E-state index contributed by atoms with van der Waals surface area (Å²) in [5.41, 5.74) is 4.81. The SMILES string of the molecule is CCCc1cc(-c2ccccc2)c(C2CCCC2)c(OC(=O)c2ccccc2)c1OC(=O)c1ccccc1. The molecule has 4 aromatic carbocycles. The van der Waals surface area contributed by atoms with Crippen LogP contribution >= 0.6 is 0 Å². The van der Waals surface area contributed by atoms with Crippen molar-refractivity contribution in [2.45, 2.75) is 51.4 Å². The van der Waals surface area contributed by atoms with Crippen LogP contribution in [0.1, 0.15) is 76.8 Å². The highest BCUT2D eigenvalue weighted by Crippen LogP contribution is 2.50. The first-order valence-electron chi connectivity index (χ1n) is 13.4. The molecule has 4 nitrogen and oxygen atoms in total. The number of carbonyl (C=O) groups excluding carboxylic acids is 2. The second-order valence-corrected chi connectivity index (χ2v) is 9.76. The lowest BCUT2D eigenvalue weighted by atomic mass is 9.86. The van der Waals surface area contributed by atoms with Gasteiger partial charge in [-0.2, -0.15) is 0 Å². The van der Waals surface area contributed by atoms with Gasteiger partial charge in [-0.1, -0.05) is 92.9 Å². The Balaban J connectivity index is 1.72. The molecule has 1 fully saturated rings. The number of hydrogen-bond acceptors (Lipinski definition) is 4. The number of hydrogen-bond donors (Lipinski definition) is 0. The summed E-state index contributed by atoms with van der Waals surface area (Å²) in [6, 6.07) is 30.2. The van der Waals surface area contributed by atoms with Crippen LogP contribution in [-0.2, 0) is 6.42 Å². The van der Waals surface area contributed by atoms with Crippen LogP contribution in [0, 0.1) is 0 Å². The fourth-order valence-electron chi connectivity index (χ4n) is 5.30. The average molecular weight is 505 g/mol. The molecule has 0 saturated heterocycles. The van der Waals surface area contributed by atoms with Crippen molar-refractivity contribution in [3.63, 3.8) is 0 Å². The van der Waals surface area contributed by atoms with Gasteiger partial charge in [0, 0.05) is 5.56 Å². The van der Waals surface area contributed by atoms with Crippen LogP contribution in [0.25, 0.3) is 11.1 Å². The normalized spacial score (nSPS) is 13.3. The number of ether oxygens (including phenoxy) is 2. The second-order valence-electron chi connectivity index (χ2n) is 9.76. The third-order valence-electron chi connectivity index (χ3n) is 7.13. The van der Waals surface area contributed by atoms with Crippen LogP contribution in [0.4, 0.5) is 0 Å². The van der Waals surface area contributed by atoms with Crippen molar-refractivity contribution in [1.29, 1.82) is 0 Å². The maximum Gasteiger partial charge on any atom is 0.343 e. The monoisotopic (exact) mass is 504 g/mol. The van der Waals surface area contributed by atoms with E-state index in [1.807, 2.05) is 54.6 Å². The minimum Gasteiger partial charge on any atom is -0.419 e. The molecular weight excluding hydrogens is 472 g/mol. The van der Waals surface area contributed by atoms with E-state index in [1.165, 1.54) is 0 Å². The van der Waals surface area contributed by atoms with Gasteiger partial charge in [0.25, 0.3) is 0 Å². The van der Waals surface area contributed by atoms with Gasteiger partial charge < -0.3 is 9.47 Å². The number of benzene rings is 4. The van der Waals surface area contributed by atoms with Gasteiger partial charge in [0.1, 0.15) is 0 Å². The molecule has 0 unspecified atom stereocenters. The molecular formula is C34H32O4. The van der Waals surface area contributed by atoms with Crippen LogP contribution in [0.15, 0.2) is 97.1 Å². The minimum atomic E-state index is -0.468. The van der Waals surface area contributed by atoms with Gasteiger partial charge in [0.2, 0.25) is 0 Å². The van der Waals surface area contributed by atoms with Crippen molar-refractivity contribution in [3.05, 3.63) is 119 Å². The van der Waals surface area contributed by atoms with Gasteiger partial charge in [0.05, 0.1) is 11.1 Å². The Bertz CT molecular complexity index is 1390. The summed E-state index contributed by atoms with van der Waals surface area (Å²) in [5, 5.41) is 0. The Kier molecular flexibility index (Phi) is 7.98. The zero-order chi connectivity index (χ0) is 26.3. The van der Waals surface area contributed by atoms with Gasteiger partial charge in [-0.3, -0.25) is 0 Å². The summed E-state index contributed by atoms with van der Waals surface area (Å²) >= 11 is 0. The fraction of sp³-hybridized carbons (Fsp3) is 0.235. The van der Waals surface area contributed by atoms with E-state index < -0.39 is 11.9 Å². The van der Waals surface area contributed by atoms with E-state index >= 15 is 0 Å². The van der Waals surface area contributed by atoms with Crippen molar-refractivity contribution in [2.75, 3.05) is 0 Å². The van der Waals surface area contributed by atoms with Crippen LogP contribution < -0.4 is 9.47 Å². The van der Waals surface area contributed by atoms with E-state index in [2.05, 4.69) is 25.1 Å². The second kappa shape index (κ2) is 11.9. The van der Waals surface area contributed by atoms with E-state index in [1.54, 1.807) is 24.3 Å². The zero-order valence-corrected chi connectivity index (χ0v) is 21.7. The first-order chi connectivity index (χ1) is 18.7. The lowest BCUT2D eigenvalue weighted by molar-refractivity contribution is 0.0679. The van der Waals surface area contributed by atoms with Gasteiger partial charge in [0.15, 0.2) is 11.5 Å². The molecule has 1 aliphatic carbocycles. The molecule has 0 spiro atoms. The van der Waals surface area contributed by atoms with Gasteiger partial charge in [-0.25, -0.2) is 9.59 Å². The summed E-state index contributed by atoms with van der Waals surface area (Å²) in [7, 11) is 0. The molecule has 0 aliphatic heterocycles. The molecule has 0 aromatic heterocycles. The van der Waals surface area contributed by atoms with Crippen LogP contribution in [0.2, 0.25) is 0 Å². The van der Waals surface area contributed by atoms with E-state index in [9.17, 15) is 9.59 Å². The molecule has 38 heavy (non-hydrogen) atoms. The molecule has 0 bridgehead atoms. The van der Waals surface area contributed by atoms with Crippen molar-refractivity contribution >= 4 is 11.9 Å². The summed E-state index contributed by atoms with van der Waals surface area (Å²) in [4.78, 5) is 26.7. The van der Waals surface area contributed by atoms with E-state index in [4.69, 9.17) is 9.47 Å². The third-order valence-corrected chi connectivity index (χ3v) is 7.13. The summed E-state index contributed by atoms with van der Waals surface area (Å²) in [6.45, 7) is 2.09. The molecule has 192 valence electrons. The first-order valence-corrected chi connectivity index (χ1v) is 13.4. The molecule has 0 N–H and O–H groups in total. The molecule has 0 atom stereocenters. The lowest BCUT2D eigenvalue weighted by Crippen LogP contribution is -2.16. The molecule has 0 amide bonds. The van der Waals surface area contributed by atoms with Crippen LogP contribution in [0.3, 0.4) is 0 Å². The number of carbonyl (C=O) groups is 2. The lowest BCUT2D eigenvalue weighted by Gasteiger charge is -2.25. The number of aryl methyl sites for hydroxylation is 1. The third kappa shape index (κ3) is 5.55. The Morgan fingerprint density at radius 2 is 1.21 bits per heavy atom. The summed E-state index contributed by atoms with van der Waals surface area (Å²) in [5.74, 6) is -0.000603. The quantitative estimate of drug-likeness (QED) is 0.179. The summed E-state index contributed by atoms with van der Waals surface area (Å²) < 4.78 is 12.4. The maximum atomic E-state index is 13.4. The Labute approximate surface area is 224 Å².